The second-order valence-corrected chi connectivity index (χ2v) is 22.2. The van der Waals surface area contributed by atoms with Crippen molar-refractivity contribution in [3.8, 4) is 10.4 Å². The van der Waals surface area contributed by atoms with Crippen LogP contribution in [0.1, 0.15) is 32.8 Å². The molecule has 2 unspecified atom stereocenters. The molecule has 10 heteroatoms. The fourth-order valence-electron chi connectivity index (χ4n) is 5.34. The van der Waals surface area contributed by atoms with Gasteiger partial charge in [0, 0.05) is 31.6 Å². The van der Waals surface area contributed by atoms with Gasteiger partial charge in [-0.1, -0.05) is 73.7 Å². The summed E-state index contributed by atoms with van der Waals surface area (Å²) in [5.74, 6) is -0.542. The topological polar surface area (TPSA) is 72.9 Å². The molecule has 222 valence electrons. The van der Waals surface area contributed by atoms with E-state index in [4.69, 9.17) is 21.1 Å². The number of carbonyl (C=O) groups excluding carboxylic acids is 1. The standard InChI is InChI=1S/C31H40ClNO5S2Si/c1-29(2,3)38-28(34)31(21-30(31,22-37-4)24-11-9-8-10-12-24)33(19-20-41(5,6)7)40(35,36)27-18-17-26(39-27)23-13-15-25(32)16-14-23/h8-18H,19-22H2,1-7H3. The summed E-state index contributed by atoms with van der Waals surface area (Å²) in [6.07, 6.45) is 0.271. The van der Waals surface area contributed by atoms with Crippen LogP contribution in [0.3, 0.4) is 0 Å². The number of hydrogen-bond acceptors (Lipinski definition) is 6. The highest BCUT2D eigenvalue weighted by molar-refractivity contribution is 7.91. The van der Waals surface area contributed by atoms with Crippen LogP contribution in [0.15, 0.2) is 70.9 Å². The molecule has 41 heavy (non-hydrogen) atoms. The number of methoxy groups -OCH3 is 1. The molecule has 0 N–H and O–H groups in total. The highest BCUT2D eigenvalue weighted by Crippen LogP contribution is 2.63. The molecule has 2 atom stereocenters. The third-order valence-electron chi connectivity index (χ3n) is 7.42. The minimum Gasteiger partial charge on any atom is -0.459 e. The van der Waals surface area contributed by atoms with Crippen LogP contribution in [0, 0.1) is 0 Å². The van der Waals surface area contributed by atoms with Gasteiger partial charge in [-0.15, -0.1) is 11.3 Å². The number of esters is 1. The van der Waals surface area contributed by atoms with Crippen LogP contribution in [0.5, 0.6) is 0 Å². The molecular weight excluding hydrogens is 594 g/mol. The average Bonchev–Trinajstić information content (AvgIpc) is 3.27. The Morgan fingerprint density at radius 2 is 1.66 bits per heavy atom. The summed E-state index contributed by atoms with van der Waals surface area (Å²) in [6.45, 7) is 12.4. The van der Waals surface area contributed by atoms with E-state index >= 15 is 0 Å². The molecule has 1 aliphatic rings. The van der Waals surface area contributed by atoms with Gasteiger partial charge in [-0.25, -0.2) is 13.2 Å². The smallest absolute Gasteiger partial charge is 0.329 e. The zero-order valence-electron chi connectivity index (χ0n) is 24.9. The van der Waals surface area contributed by atoms with E-state index in [1.165, 1.54) is 15.6 Å². The van der Waals surface area contributed by atoms with Gasteiger partial charge < -0.3 is 9.47 Å². The van der Waals surface area contributed by atoms with Crippen LogP contribution in [0.4, 0.5) is 0 Å². The summed E-state index contributed by atoms with van der Waals surface area (Å²) >= 11 is 7.27. The van der Waals surface area contributed by atoms with E-state index in [1.54, 1.807) is 46.1 Å². The maximum atomic E-state index is 14.7. The normalized spacial score (nSPS) is 21.2. The Morgan fingerprint density at radius 1 is 1.02 bits per heavy atom. The lowest BCUT2D eigenvalue weighted by atomic mass is 9.90. The Kier molecular flexibility index (Phi) is 9.01. The van der Waals surface area contributed by atoms with Crippen molar-refractivity contribution in [2.45, 2.75) is 73.6 Å². The van der Waals surface area contributed by atoms with Gasteiger partial charge >= 0.3 is 5.97 Å². The SMILES string of the molecule is COCC1(c2ccccc2)CC1(C(=O)OC(C)(C)C)N(CC[Si](C)(C)C)S(=O)(=O)c1ccc(-c2ccc(Cl)cc2)s1. The van der Waals surface area contributed by atoms with Crippen molar-refractivity contribution >= 4 is 47.0 Å². The number of thiophene rings is 1. The number of rotatable bonds is 11. The molecule has 1 fully saturated rings. The van der Waals surface area contributed by atoms with E-state index in [0.29, 0.717) is 11.1 Å². The van der Waals surface area contributed by atoms with Crippen LogP contribution < -0.4 is 0 Å². The molecule has 3 aromatic rings. The van der Waals surface area contributed by atoms with Crippen LogP contribution >= 0.6 is 22.9 Å². The first-order chi connectivity index (χ1) is 19.1. The number of carbonyl (C=O) groups is 1. The predicted molar refractivity (Wildman–Crippen MR) is 170 cm³/mol. The first-order valence-corrected chi connectivity index (χ1v) is 20.1. The Hall–Kier alpha value is -2.01. The van der Waals surface area contributed by atoms with Crippen LogP contribution in [0.25, 0.3) is 10.4 Å². The lowest BCUT2D eigenvalue weighted by Gasteiger charge is -2.37. The van der Waals surface area contributed by atoms with Gasteiger partial charge in [0.25, 0.3) is 10.0 Å². The van der Waals surface area contributed by atoms with E-state index in [2.05, 4.69) is 19.6 Å². The molecular formula is C31H40ClNO5S2Si. The summed E-state index contributed by atoms with van der Waals surface area (Å²) in [5, 5.41) is 0.610. The number of halogens is 1. The third kappa shape index (κ3) is 6.50. The minimum atomic E-state index is -4.12. The van der Waals surface area contributed by atoms with Crippen molar-refractivity contribution in [3.05, 3.63) is 77.3 Å². The molecule has 0 aliphatic heterocycles. The molecule has 0 spiro atoms. The lowest BCUT2D eigenvalue weighted by Crippen LogP contribution is -2.55. The predicted octanol–water partition coefficient (Wildman–Crippen LogP) is 7.47. The number of hydrogen-bond donors (Lipinski definition) is 0. The molecule has 4 rings (SSSR count). The number of benzene rings is 2. The minimum absolute atomic E-state index is 0.176. The first kappa shape index (κ1) is 31.9. The zero-order chi connectivity index (χ0) is 30.3. The van der Waals surface area contributed by atoms with E-state index < -0.39 is 40.6 Å². The van der Waals surface area contributed by atoms with Gasteiger partial charge in [0.1, 0.15) is 15.3 Å². The Balaban J connectivity index is 1.90. The fraction of sp³-hybridized carbons (Fsp3) is 0.452. The van der Waals surface area contributed by atoms with Crippen LogP contribution in [0.2, 0.25) is 30.7 Å². The van der Waals surface area contributed by atoms with Gasteiger partial charge in [-0.2, -0.15) is 4.31 Å². The van der Waals surface area contributed by atoms with Gasteiger partial charge in [-0.05, 0) is 68.6 Å². The highest BCUT2D eigenvalue weighted by Gasteiger charge is 2.79. The van der Waals surface area contributed by atoms with Crippen molar-refractivity contribution in [1.29, 1.82) is 0 Å². The molecule has 1 aliphatic carbocycles. The lowest BCUT2D eigenvalue weighted by molar-refractivity contribution is -0.162. The summed E-state index contributed by atoms with van der Waals surface area (Å²) in [7, 11) is -4.26. The zero-order valence-corrected chi connectivity index (χ0v) is 28.3. The molecule has 0 radical (unpaired) electrons. The average molecular weight is 634 g/mol. The fourth-order valence-corrected chi connectivity index (χ4v) is 9.74. The monoisotopic (exact) mass is 633 g/mol. The number of sulfonamides is 1. The summed E-state index contributed by atoms with van der Waals surface area (Å²) < 4.78 is 42.8. The van der Waals surface area contributed by atoms with Crippen LogP contribution in [-0.4, -0.2) is 58.2 Å². The van der Waals surface area contributed by atoms with E-state index in [-0.39, 0.29) is 23.8 Å². The molecule has 1 aromatic heterocycles. The maximum Gasteiger partial charge on any atom is 0.329 e. The molecule has 0 amide bonds. The van der Waals surface area contributed by atoms with Gasteiger partial charge in [0.05, 0.1) is 12.0 Å². The molecule has 1 heterocycles. The number of nitrogens with zero attached hydrogens (tertiary/aromatic N) is 1. The number of ether oxygens (including phenoxy) is 2. The van der Waals surface area contributed by atoms with Crippen molar-refractivity contribution in [3.63, 3.8) is 0 Å². The third-order valence-corrected chi connectivity index (χ3v) is 12.9. The van der Waals surface area contributed by atoms with Crippen molar-refractivity contribution in [2.75, 3.05) is 20.3 Å². The Labute approximate surface area is 254 Å². The van der Waals surface area contributed by atoms with E-state index in [1.807, 2.05) is 48.5 Å². The summed E-state index contributed by atoms with van der Waals surface area (Å²) in [5.41, 5.74) is -1.43. The van der Waals surface area contributed by atoms with Crippen LogP contribution in [-0.2, 0) is 29.7 Å². The van der Waals surface area contributed by atoms with Gasteiger partial charge in [-0.3, -0.25) is 0 Å². The van der Waals surface area contributed by atoms with Gasteiger partial charge in [0.15, 0.2) is 0 Å². The summed E-state index contributed by atoms with van der Waals surface area (Å²) in [6, 6.07) is 21.0. The molecule has 2 aromatic carbocycles. The first-order valence-electron chi connectivity index (χ1n) is 13.7. The largest absolute Gasteiger partial charge is 0.459 e. The van der Waals surface area contributed by atoms with Gasteiger partial charge in [0.2, 0.25) is 0 Å². The van der Waals surface area contributed by atoms with E-state index in [0.717, 1.165) is 16.0 Å². The second kappa shape index (κ2) is 11.6. The molecule has 0 bridgehead atoms. The van der Waals surface area contributed by atoms with Crippen molar-refractivity contribution in [1.82, 2.24) is 4.31 Å². The highest BCUT2D eigenvalue weighted by atomic mass is 35.5. The van der Waals surface area contributed by atoms with Crippen molar-refractivity contribution < 1.29 is 22.7 Å². The Bertz CT molecular complexity index is 1480. The molecule has 6 nitrogen and oxygen atoms in total. The quantitative estimate of drug-likeness (QED) is 0.162. The van der Waals surface area contributed by atoms with E-state index in [9.17, 15) is 13.2 Å². The Morgan fingerprint density at radius 3 is 2.22 bits per heavy atom. The molecule has 0 saturated heterocycles. The maximum absolute atomic E-state index is 14.7. The molecule has 1 saturated carbocycles. The second-order valence-electron chi connectivity index (χ2n) is 12.9. The summed E-state index contributed by atoms with van der Waals surface area (Å²) in [4.78, 5) is 15.1. The van der Waals surface area contributed by atoms with Crippen molar-refractivity contribution in [2.24, 2.45) is 0 Å².